The van der Waals surface area contributed by atoms with Gasteiger partial charge in [-0.3, -0.25) is 9.88 Å². The van der Waals surface area contributed by atoms with Crippen LogP contribution in [0.25, 0.3) is 10.9 Å². The summed E-state index contributed by atoms with van der Waals surface area (Å²) >= 11 is 0. The van der Waals surface area contributed by atoms with E-state index in [0.717, 1.165) is 59.3 Å². The molecule has 6 nitrogen and oxygen atoms in total. The third-order valence-corrected chi connectivity index (χ3v) is 11.1. The van der Waals surface area contributed by atoms with Gasteiger partial charge in [0, 0.05) is 24.2 Å². The Balaban J connectivity index is 1.69. The summed E-state index contributed by atoms with van der Waals surface area (Å²) in [6.45, 7) is 18.6. The van der Waals surface area contributed by atoms with E-state index >= 15 is 0 Å². The molecule has 1 aromatic heterocycles. The molecule has 3 aromatic rings. The number of nitrogens with one attached hydrogen (secondary N) is 1. The van der Waals surface area contributed by atoms with Gasteiger partial charge in [-0.05, 0) is 95.5 Å². The lowest BCUT2D eigenvalue weighted by Crippen LogP contribution is -2.57. The highest BCUT2D eigenvalue weighted by Crippen LogP contribution is 2.44. The lowest BCUT2D eigenvalue weighted by Gasteiger charge is -2.51. The first kappa shape index (κ1) is 30.7. The van der Waals surface area contributed by atoms with Gasteiger partial charge in [0.25, 0.3) is 0 Å². The summed E-state index contributed by atoms with van der Waals surface area (Å²) in [7, 11) is -2.27. The van der Waals surface area contributed by atoms with Crippen molar-refractivity contribution in [2.75, 3.05) is 20.2 Å². The largest absolute Gasteiger partial charge is 0.497 e. The van der Waals surface area contributed by atoms with Crippen molar-refractivity contribution in [2.24, 2.45) is 11.8 Å². The Bertz CT molecular complexity index is 1530. The topological polar surface area (TPSA) is 71.5 Å². The Labute approximate surface area is 252 Å². The molecule has 5 atom stereocenters. The lowest BCUT2D eigenvalue weighted by molar-refractivity contribution is 0.00490. The van der Waals surface area contributed by atoms with Crippen molar-refractivity contribution in [3.63, 3.8) is 0 Å². The van der Waals surface area contributed by atoms with Gasteiger partial charge in [-0.25, -0.2) is 13.1 Å². The second-order valence-corrected chi connectivity index (χ2v) is 14.8. The molecule has 226 valence electrons. The van der Waals surface area contributed by atoms with Gasteiger partial charge in [-0.2, -0.15) is 0 Å². The highest BCUT2D eigenvalue weighted by molar-refractivity contribution is 7.89. The van der Waals surface area contributed by atoms with Gasteiger partial charge in [0.1, 0.15) is 5.75 Å². The predicted molar refractivity (Wildman–Crippen MR) is 172 cm³/mol. The van der Waals surface area contributed by atoms with Crippen molar-refractivity contribution in [1.29, 1.82) is 0 Å². The summed E-state index contributed by atoms with van der Waals surface area (Å²) in [4.78, 5) is 7.53. The quantitative estimate of drug-likeness (QED) is 0.248. The number of aromatic nitrogens is 1. The van der Waals surface area contributed by atoms with E-state index in [9.17, 15) is 8.42 Å². The number of methoxy groups -OCH3 is 1. The first-order valence-corrected chi connectivity index (χ1v) is 16.9. The summed E-state index contributed by atoms with van der Waals surface area (Å²) < 4.78 is 38.5. The number of sulfonamides is 1. The molecule has 3 aliphatic heterocycles. The Morgan fingerprint density at radius 2 is 1.69 bits per heavy atom. The van der Waals surface area contributed by atoms with Crippen LogP contribution in [0.5, 0.6) is 5.75 Å². The minimum Gasteiger partial charge on any atom is -0.497 e. The summed E-state index contributed by atoms with van der Waals surface area (Å²) in [5.74, 6) is 2.07. The van der Waals surface area contributed by atoms with E-state index in [1.54, 1.807) is 13.3 Å². The number of fused-ring (bicyclic) bond motifs is 4. The standard InChI is InChI=1S/C35H47N3O3S/c1-9-24-20-38-15-13-25(24)18-33(38)34(28-12-14-36-32-11-10-27(41-8)19-31(28)32)37-42(39,40)35-29(22(4)5)16-26(21(2)3)17-30(35)23(6)7/h9-12,14,16-17,19,21-25,33-34,37H,1,13,15,18,20H2,2-8H3/t24?,25?,33-,34?/m0/s1. The lowest BCUT2D eigenvalue weighted by atomic mass is 9.73. The van der Waals surface area contributed by atoms with Crippen LogP contribution in [0, 0.1) is 11.8 Å². The van der Waals surface area contributed by atoms with Crippen molar-refractivity contribution >= 4 is 20.9 Å². The minimum atomic E-state index is -3.92. The van der Waals surface area contributed by atoms with E-state index in [1.165, 1.54) is 5.56 Å². The fourth-order valence-corrected chi connectivity index (χ4v) is 8.99. The van der Waals surface area contributed by atoms with E-state index in [-0.39, 0.29) is 17.9 Å². The van der Waals surface area contributed by atoms with E-state index in [0.29, 0.717) is 22.6 Å². The number of ether oxygens (including phenoxy) is 1. The fourth-order valence-electron chi connectivity index (χ4n) is 7.04. The molecule has 7 heteroatoms. The molecule has 0 radical (unpaired) electrons. The minimum absolute atomic E-state index is 0.0199. The molecular formula is C35H47N3O3S. The smallest absolute Gasteiger partial charge is 0.241 e. The highest BCUT2D eigenvalue weighted by atomic mass is 32.2. The third kappa shape index (κ3) is 5.76. The second kappa shape index (κ2) is 12.1. The average molecular weight is 590 g/mol. The number of piperidine rings is 3. The third-order valence-electron chi connectivity index (χ3n) is 9.49. The average Bonchev–Trinajstić information content (AvgIpc) is 2.98. The molecule has 3 unspecified atom stereocenters. The molecule has 3 aliphatic rings. The van der Waals surface area contributed by atoms with Crippen molar-refractivity contribution in [3.8, 4) is 5.75 Å². The van der Waals surface area contributed by atoms with Gasteiger partial charge in [0.05, 0.1) is 23.6 Å². The van der Waals surface area contributed by atoms with E-state index < -0.39 is 16.1 Å². The zero-order valence-corrected chi connectivity index (χ0v) is 27.0. The SMILES string of the molecule is C=CC1C[N@@]2CCC1C[C@H]2C(NS(=O)(=O)c1c(C(C)C)cc(C(C)C)cc1C(C)C)c1ccnc2ccc(OC)cc12. The molecule has 4 heterocycles. The highest BCUT2D eigenvalue weighted by Gasteiger charge is 2.44. The van der Waals surface area contributed by atoms with Crippen LogP contribution in [0.15, 0.2) is 60.1 Å². The molecule has 0 saturated carbocycles. The predicted octanol–water partition coefficient (Wildman–Crippen LogP) is 7.53. The molecule has 0 spiro atoms. The monoisotopic (exact) mass is 589 g/mol. The molecule has 1 N–H and O–H groups in total. The van der Waals surface area contributed by atoms with Crippen LogP contribution < -0.4 is 9.46 Å². The van der Waals surface area contributed by atoms with Crippen molar-refractivity contribution in [1.82, 2.24) is 14.6 Å². The number of benzene rings is 2. The maximum absolute atomic E-state index is 14.8. The van der Waals surface area contributed by atoms with E-state index in [1.807, 2.05) is 24.3 Å². The number of hydrogen-bond acceptors (Lipinski definition) is 5. The summed E-state index contributed by atoms with van der Waals surface area (Å²) in [5.41, 5.74) is 4.70. The van der Waals surface area contributed by atoms with Gasteiger partial charge in [0.15, 0.2) is 0 Å². The first-order valence-electron chi connectivity index (χ1n) is 15.4. The zero-order chi connectivity index (χ0) is 30.3. The maximum Gasteiger partial charge on any atom is 0.241 e. The second-order valence-electron chi connectivity index (χ2n) is 13.1. The Hall–Kier alpha value is -2.74. The number of rotatable bonds is 10. The molecule has 0 aliphatic carbocycles. The summed E-state index contributed by atoms with van der Waals surface area (Å²) in [5, 5.41) is 0.913. The number of hydrogen-bond donors (Lipinski definition) is 1. The van der Waals surface area contributed by atoms with Crippen LogP contribution >= 0.6 is 0 Å². The Kier molecular flexibility index (Phi) is 8.85. The van der Waals surface area contributed by atoms with Gasteiger partial charge >= 0.3 is 0 Å². The van der Waals surface area contributed by atoms with Crippen LogP contribution in [-0.2, 0) is 10.0 Å². The number of pyridine rings is 1. The first-order chi connectivity index (χ1) is 19.9. The molecule has 42 heavy (non-hydrogen) atoms. The normalized spacial score (nSPS) is 23.2. The van der Waals surface area contributed by atoms with Crippen molar-refractivity contribution in [3.05, 3.63) is 77.5 Å². The van der Waals surface area contributed by atoms with Crippen LogP contribution in [0.2, 0.25) is 0 Å². The molecular weight excluding hydrogens is 542 g/mol. The van der Waals surface area contributed by atoms with Gasteiger partial charge in [-0.1, -0.05) is 59.8 Å². The van der Waals surface area contributed by atoms with Gasteiger partial charge < -0.3 is 4.74 Å². The Morgan fingerprint density at radius 1 is 1.00 bits per heavy atom. The Morgan fingerprint density at radius 3 is 2.24 bits per heavy atom. The zero-order valence-electron chi connectivity index (χ0n) is 26.2. The van der Waals surface area contributed by atoms with Gasteiger partial charge in [0.2, 0.25) is 10.0 Å². The molecule has 0 amide bonds. The van der Waals surface area contributed by atoms with Crippen molar-refractivity contribution in [2.45, 2.75) is 89.1 Å². The molecule has 3 fully saturated rings. The summed E-state index contributed by atoms with van der Waals surface area (Å²) in [6, 6.07) is 11.6. The van der Waals surface area contributed by atoms with Gasteiger partial charge in [-0.15, -0.1) is 6.58 Å². The van der Waals surface area contributed by atoms with E-state index in [4.69, 9.17) is 4.74 Å². The molecule has 2 aromatic carbocycles. The maximum atomic E-state index is 14.8. The number of nitrogens with zero attached hydrogens (tertiary/aromatic N) is 2. The molecule has 6 rings (SSSR count). The summed E-state index contributed by atoms with van der Waals surface area (Å²) in [6.07, 6.45) is 5.91. The molecule has 3 saturated heterocycles. The van der Waals surface area contributed by atoms with Crippen molar-refractivity contribution < 1.29 is 13.2 Å². The van der Waals surface area contributed by atoms with Crippen LogP contribution in [0.4, 0.5) is 0 Å². The van der Waals surface area contributed by atoms with E-state index in [2.05, 4.69) is 80.9 Å². The van der Waals surface area contributed by atoms with Crippen LogP contribution in [-0.4, -0.2) is 44.5 Å². The fraction of sp³-hybridized carbons (Fsp3) is 0.514. The van der Waals surface area contributed by atoms with Crippen LogP contribution in [0.3, 0.4) is 0 Å². The van der Waals surface area contributed by atoms with Crippen LogP contribution in [0.1, 0.15) is 100 Å². The molecule has 2 bridgehead atoms.